The first-order chi connectivity index (χ1) is 14.6. The minimum Gasteiger partial charge on any atom is -0.360 e. The van der Waals surface area contributed by atoms with E-state index in [0.29, 0.717) is 40.7 Å². The lowest BCUT2D eigenvalue weighted by atomic mass is 9.97. The van der Waals surface area contributed by atoms with Crippen molar-refractivity contribution in [1.29, 1.82) is 0 Å². The molecule has 0 unspecified atom stereocenters. The zero-order chi connectivity index (χ0) is 20.7. The molecule has 4 aromatic rings. The zero-order valence-electron chi connectivity index (χ0n) is 16.5. The third-order valence-corrected chi connectivity index (χ3v) is 7.10. The molecule has 0 aliphatic carbocycles. The molecule has 1 saturated heterocycles. The van der Waals surface area contributed by atoms with Crippen LogP contribution in [0.5, 0.6) is 0 Å². The molecule has 5 rings (SSSR count). The van der Waals surface area contributed by atoms with Crippen molar-refractivity contribution < 1.29 is 9.32 Å². The van der Waals surface area contributed by atoms with Gasteiger partial charge in [-0.25, -0.2) is 4.98 Å². The summed E-state index contributed by atoms with van der Waals surface area (Å²) in [5.74, 6) is 0.690. The predicted octanol–water partition coefficient (Wildman–Crippen LogP) is 5.93. The van der Waals surface area contributed by atoms with E-state index in [-0.39, 0.29) is 11.8 Å². The molecule has 5 nitrogen and oxygen atoms in total. The fourth-order valence-electron chi connectivity index (χ4n) is 4.05. The van der Waals surface area contributed by atoms with E-state index in [2.05, 4.69) is 11.2 Å². The monoisotopic (exact) mass is 437 g/mol. The number of piperidine rings is 1. The number of aryl methyl sites for hydroxylation is 1. The summed E-state index contributed by atoms with van der Waals surface area (Å²) in [6.45, 7) is 3.13. The molecule has 1 aliphatic heterocycles. The summed E-state index contributed by atoms with van der Waals surface area (Å²) in [6, 6.07) is 15.6. The number of para-hydroxylation sites is 1. The maximum absolute atomic E-state index is 13.5. The molecule has 0 spiro atoms. The van der Waals surface area contributed by atoms with Crippen LogP contribution in [-0.2, 0) is 0 Å². The van der Waals surface area contributed by atoms with Crippen molar-refractivity contribution in [3.63, 3.8) is 0 Å². The van der Waals surface area contributed by atoms with Crippen LogP contribution in [0.1, 0.15) is 39.9 Å². The SMILES string of the molecule is Cc1onc(-c2ccccc2Cl)c1C(=O)N1CCC[C@@H](c2nc3ccccc3s2)C1. The van der Waals surface area contributed by atoms with E-state index >= 15 is 0 Å². The van der Waals surface area contributed by atoms with Crippen LogP contribution in [0, 0.1) is 6.92 Å². The van der Waals surface area contributed by atoms with Crippen LogP contribution in [0.2, 0.25) is 5.02 Å². The average Bonchev–Trinajstić information content (AvgIpc) is 3.37. The second kappa shape index (κ2) is 7.85. The average molecular weight is 438 g/mol. The van der Waals surface area contributed by atoms with Crippen molar-refractivity contribution in [2.45, 2.75) is 25.7 Å². The van der Waals surface area contributed by atoms with E-state index < -0.39 is 0 Å². The lowest BCUT2D eigenvalue weighted by molar-refractivity contribution is 0.0706. The third-order valence-electron chi connectivity index (χ3n) is 5.57. The van der Waals surface area contributed by atoms with Crippen LogP contribution < -0.4 is 0 Å². The fourth-order valence-corrected chi connectivity index (χ4v) is 5.37. The lowest BCUT2D eigenvalue weighted by Crippen LogP contribution is -2.39. The standard InChI is InChI=1S/C23H20ClN3O2S/c1-14-20(21(26-29-14)16-8-2-3-9-17(16)24)23(28)27-12-6-7-15(13-27)22-25-18-10-4-5-11-19(18)30-22/h2-5,8-11,15H,6-7,12-13H2,1H3/t15-/m1/s1. The molecule has 1 amide bonds. The Hall–Kier alpha value is -2.70. The second-order valence-corrected chi connectivity index (χ2v) is 9.02. The summed E-state index contributed by atoms with van der Waals surface area (Å²) in [5.41, 5.74) is 2.73. The highest BCUT2D eigenvalue weighted by atomic mass is 35.5. The van der Waals surface area contributed by atoms with Gasteiger partial charge in [0, 0.05) is 24.6 Å². The van der Waals surface area contributed by atoms with Gasteiger partial charge in [-0.3, -0.25) is 4.79 Å². The van der Waals surface area contributed by atoms with Crippen molar-refractivity contribution >= 4 is 39.1 Å². The van der Waals surface area contributed by atoms with Crippen molar-refractivity contribution in [3.05, 3.63) is 69.9 Å². The first-order valence-corrected chi connectivity index (χ1v) is 11.2. The van der Waals surface area contributed by atoms with E-state index in [0.717, 1.165) is 23.4 Å². The minimum atomic E-state index is -0.0607. The Morgan fingerprint density at radius 2 is 2.00 bits per heavy atom. The van der Waals surface area contributed by atoms with Gasteiger partial charge in [0.05, 0.1) is 20.2 Å². The van der Waals surface area contributed by atoms with Crippen LogP contribution in [0.4, 0.5) is 0 Å². The highest BCUT2D eigenvalue weighted by Gasteiger charge is 2.31. The Labute approximate surface area is 183 Å². The molecule has 30 heavy (non-hydrogen) atoms. The van der Waals surface area contributed by atoms with E-state index in [1.807, 2.05) is 41.3 Å². The highest BCUT2D eigenvalue weighted by Crippen LogP contribution is 2.35. The van der Waals surface area contributed by atoms with Gasteiger partial charge < -0.3 is 9.42 Å². The number of hydrogen-bond donors (Lipinski definition) is 0. The largest absolute Gasteiger partial charge is 0.360 e. The lowest BCUT2D eigenvalue weighted by Gasteiger charge is -2.31. The zero-order valence-corrected chi connectivity index (χ0v) is 18.0. The quantitative estimate of drug-likeness (QED) is 0.398. The molecule has 0 saturated carbocycles. The highest BCUT2D eigenvalue weighted by molar-refractivity contribution is 7.18. The number of benzene rings is 2. The number of carbonyl (C=O) groups is 1. The normalized spacial score (nSPS) is 16.9. The summed E-state index contributed by atoms with van der Waals surface area (Å²) in [4.78, 5) is 20.2. The maximum atomic E-state index is 13.5. The summed E-state index contributed by atoms with van der Waals surface area (Å²) < 4.78 is 6.59. The van der Waals surface area contributed by atoms with E-state index in [9.17, 15) is 4.79 Å². The summed E-state index contributed by atoms with van der Waals surface area (Å²) in [7, 11) is 0. The number of hydrogen-bond acceptors (Lipinski definition) is 5. The van der Waals surface area contributed by atoms with Crippen molar-refractivity contribution in [2.24, 2.45) is 0 Å². The molecule has 1 atom stereocenters. The third kappa shape index (κ3) is 3.40. The van der Waals surface area contributed by atoms with Gasteiger partial charge >= 0.3 is 0 Å². The molecule has 0 N–H and O–H groups in total. The molecule has 152 valence electrons. The van der Waals surface area contributed by atoms with Crippen molar-refractivity contribution in [2.75, 3.05) is 13.1 Å². The molecule has 1 aliphatic rings. The first-order valence-electron chi connectivity index (χ1n) is 9.97. The van der Waals surface area contributed by atoms with E-state index in [1.54, 1.807) is 24.3 Å². The first kappa shape index (κ1) is 19.3. The number of nitrogens with zero attached hydrogens (tertiary/aromatic N) is 3. The van der Waals surface area contributed by atoms with Crippen LogP contribution >= 0.6 is 22.9 Å². The number of rotatable bonds is 3. The molecule has 7 heteroatoms. The number of amides is 1. The molecule has 2 aromatic carbocycles. The number of thiazole rings is 1. The maximum Gasteiger partial charge on any atom is 0.259 e. The Morgan fingerprint density at radius 1 is 1.20 bits per heavy atom. The van der Waals surface area contributed by atoms with Crippen LogP contribution in [0.3, 0.4) is 0 Å². The van der Waals surface area contributed by atoms with Gasteiger partial charge in [0.1, 0.15) is 17.0 Å². The van der Waals surface area contributed by atoms with Gasteiger partial charge in [0.25, 0.3) is 5.91 Å². The molecule has 1 fully saturated rings. The Bertz CT molecular complexity index is 1200. The van der Waals surface area contributed by atoms with E-state index in [1.165, 1.54) is 4.70 Å². The number of fused-ring (bicyclic) bond motifs is 1. The minimum absolute atomic E-state index is 0.0607. The van der Waals surface area contributed by atoms with Crippen LogP contribution in [0.25, 0.3) is 21.5 Å². The van der Waals surface area contributed by atoms with Crippen molar-refractivity contribution in [3.8, 4) is 11.3 Å². The smallest absolute Gasteiger partial charge is 0.259 e. The summed E-state index contributed by atoms with van der Waals surface area (Å²) in [6.07, 6.45) is 1.97. The molecular weight excluding hydrogens is 418 g/mol. The summed E-state index contributed by atoms with van der Waals surface area (Å²) in [5, 5.41) is 5.80. The van der Waals surface area contributed by atoms with Crippen LogP contribution in [-0.4, -0.2) is 34.0 Å². The Kier molecular flexibility index (Phi) is 5.05. The topological polar surface area (TPSA) is 59.2 Å². The Balaban J connectivity index is 1.44. The fraction of sp³-hybridized carbons (Fsp3) is 0.261. The molecule has 3 heterocycles. The molecule has 0 bridgehead atoms. The van der Waals surface area contributed by atoms with E-state index in [4.69, 9.17) is 21.1 Å². The van der Waals surface area contributed by atoms with Gasteiger partial charge in [-0.1, -0.05) is 47.1 Å². The van der Waals surface area contributed by atoms with Crippen LogP contribution in [0.15, 0.2) is 53.1 Å². The summed E-state index contributed by atoms with van der Waals surface area (Å²) >= 11 is 8.08. The molecule has 2 aromatic heterocycles. The Morgan fingerprint density at radius 3 is 2.83 bits per heavy atom. The number of carbonyl (C=O) groups excluding carboxylic acids is 1. The van der Waals surface area contributed by atoms with Gasteiger partial charge in [0.15, 0.2) is 0 Å². The molecular formula is C23H20ClN3O2S. The van der Waals surface area contributed by atoms with Crippen molar-refractivity contribution in [1.82, 2.24) is 15.0 Å². The number of likely N-dealkylation sites (tertiary alicyclic amines) is 1. The van der Waals surface area contributed by atoms with Gasteiger partial charge in [-0.2, -0.15) is 0 Å². The number of aromatic nitrogens is 2. The van der Waals surface area contributed by atoms with Gasteiger partial charge in [-0.15, -0.1) is 11.3 Å². The van der Waals surface area contributed by atoms with Gasteiger partial charge in [-0.05, 0) is 38.0 Å². The molecule has 0 radical (unpaired) electrons. The predicted molar refractivity (Wildman–Crippen MR) is 119 cm³/mol. The van der Waals surface area contributed by atoms with Gasteiger partial charge in [0.2, 0.25) is 0 Å². The second-order valence-electron chi connectivity index (χ2n) is 7.55. The number of halogens is 1.